The fraction of sp³-hybridized carbons (Fsp3) is 0.333. The van der Waals surface area contributed by atoms with Crippen LogP contribution in [0.1, 0.15) is 13.2 Å². The minimum Gasteiger partial charge on any atom is -0.467 e. The van der Waals surface area contributed by atoms with Crippen LogP contribution in [0.3, 0.4) is 0 Å². The first-order chi connectivity index (χ1) is 3.43. The molecule has 0 bridgehead atoms. The molecule has 0 atom stereocenters. The smallest absolute Gasteiger partial charge is 0.129 e. The molecule has 2 heteroatoms. The molecule has 1 N–H and O–H groups in total. The Morgan fingerprint density at radius 1 is 1.62 bits per heavy atom. The fourth-order valence-electron chi connectivity index (χ4n) is 0.403. The highest BCUT2D eigenvalue weighted by Crippen LogP contribution is 1.96. The van der Waals surface area contributed by atoms with E-state index in [0.717, 1.165) is 0 Å². The molecular formula is C6H10O2. The highest BCUT2D eigenvalue weighted by Gasteiger charge is 1.85. The van der Waals surface area contributed by atoms with Crippen LogP contribution in [0.5, 0.6) is 0 Å². The molecule has 0 aliphatic heterocycles. The van der Waals surface area contributed by atoms with E-state index in [0.29, 0.717) is 5.76 Å². The zero-order chi connectivity index (χ0) is 5.11. The molecule has 0 saturated heterocycles. The monoisotopic (exact) mass is 114 g/mol. The van der Waals surface area contributed by atoms with Crippen LogP contribution in [0.15, 0.2) is 22.8 Å². The maximum atomic E-state index is 8.33. The van der Waals surface area contributed by atoms with Crippen molar-refractivity contribution >= 4 is 0 Å². The van der Waals surface area contributed by atoms with Crippen LogP contribution >= 0.6 is 0 Å². The zero-order valence-corrected chi connectivity index (χ0v) is 3.79. The van der Waals surface area contributed by atoms with E-state index in [-0.39, 0.29) is 14.0 Å². The Balaban J connectivity index is 0.000000490. The Morgan fingerprint density at radius 2 is 2.38 bits per heavy atom. The lowest BCUT2D eigenvalue weighted by Gasteiger charge is -1.79. The summed E-state index contributed by atoms with van der Waals surface area (Å²) in [6.07, 6.45) is 1.53. The molecule has 0 fully saturated rings. The van der Waals surface area contributed by atoms with Gasteiger partial charge in [-0.05, 0) is 12.1 Å². The van der Waals surface area contributed by atoms with Gasteiger partial charge in [0.25, 0.3) is 0 Å². The van der Waals surface area contributed by atoms with Crippen molar-refractivity contribution < 1.29 is 9.52 Å². The van der Waals surface area contributed by atoms with E-state index in [1.54, 1.807) is 12.1 Å². The van der Waals surface area contributed by atoms with E-state index in [1.165, 1.54) is 6.26 Å². The molecule has 0 aromatic carbocycles. The second-order valence-corrected chi connectivity index (χ2v) is 1.24. The summed E-state index contributed by atoms with van der Waals surface area (Å²) >= 11 is 0. The van der Waals surface area contributed by atoms with Gasteiger partial charge in [0.05, 0.1) is 6.26 Å². The fourth-order valence-corrected chi connectivity index (χ4v) is 0.403. The number of hydrogen-bond acceptors (Lipinski definition) is 2. The van der Waals surface area contributed by atoms with Crippen molar-refractivity contribution in [3.05, 3.63) is 24.2 Å². The summed E-state index contributed by atoms with van der Waals surface area (Å²) < 4.78 is 4.73. The van der Waals surface area contributed by atoms with E-state index in [1.807, 2.05) is 0 Å². The number of aliphatic hydroxyl groups is 1. The normalized spacial score (nSPS) is 8.12. The van der Waals surface area contributed by atoms with Gasteiger partial charge in [-0.15, -0.1) is 0 Å². The van der Waals surface area contributed by atoms with Crippen LogP contribution in [-0.4, -0.2) is 5.11 Å². The maximum Gasteiger partial charge on any atom is 0.129 e. The largest absolute Gasteiger partial charge is 0.467 e. The molecule has 2 nitrogen and oxygen atoms in total. The third-order valence-corrected chi connectivity index (χ3v) is 0.736. The van der Waals surface area contributed by atoms with Gasteiger partial charge in [-0.2, -0.15) is 0 Å². The number of rotatable bonds is 1. The molecule has 0 radical (unpaired) electrons. The summed E-state index contributed by atoms with van der Waals surface area (Å²) in [6, 6.07) is 3.46. The maximum absolute atomic E-state index is 8.33. The topological polar surface area (TPSA) is 33.4 Å². The Hall–Kier alpha value is -0.760. The van der Waals surface area contributed by atoms with Gasteiger partial charge in [0.2, 0.25) is 0 Å². The Bertz CT molecular complexity index is 121. The van der Waals surface area contributed by atoms with Gasteiger partial charge in [0, 0.05) is 0 Å². The molecule has 8 heavy (non-hydrogen) atoms. The molecular weight excluding hydrogens is 104 g/mol. The molecule has 0 aliphatic rings. The van der Waals surface area contributed by atoms with Crippen molar-refractivity contribution in [2.45, 2.75) is 14.0 Å². The third kappa shape index (κ3) is 1.39. The Morgan fingerprint density at radius 3 is 2.62 bits per heavy atom. The average molecular weight is 114 g/mol. The van der Waals surface area contributed by atoms with Crippen LogP contribution in [0, 0.1) is 0 Å². The van der Waals surface area contributed by atoms with Gasteiger partial charge < -0.3 is 9.52 Å². The first kappa shape index (κ1) is 7.24. The number of aliphatic hydroxyl groups excluding tert-OH is 1. The van der Waals surface area contributed by atoms with Crippen molar-refractivity contribution in [2.75, 3.05) is 0 Å². The first-order valence-electron chi connectivity index (χ1n) is 2.06. The van der Waals surface area contributed by atoms with Gasteiger partial charge in [0.15, 0.2) is 0 Å². The Labute approximate surface area is 48.8 Å². The molecule has 1 rings (SSSR count). The number of furan rings is 1. The minimum atomic E-state index is -0.00694. The van der Waals surface area contributed by atoms with Gasteiger partial charge in [-0.25, -0.2) is 0 Å². The van der Waals surface area contributed by atoms with E-state index in [4.69, 9.17) is 9.52 Å². The molecule has 1 aromatic heterocycles. The number of hydrogen-bond donors (Lipinski definition) is 1. The summed E-state index contributed by atoms with van der Waals surface area (Å²) in [4.78, 5) is 0. The van der Waals surface area contributed by atoms with Crippen molar-refractivity contribution in [3.63, 3.8) is 0 Å². The van der Waals surface area contributed by atoms with Crippen LogP contribution in [0.25, 0.3) is 0 Å². The van der Waals surface area contributed by atoms with Crippen LogP contribution in [-0.2, 0) is 6.61 Å². The molecule has 1 heterocycles. The Kier molecular flexibility index (Phi) is 2.96. The van der Waals surface area contributed by atoms with E-state index in [9.17, 15) is 0 Å². The SMILES string of the molecule is C.OCc1ccco1. The second kappa shape index (κ2) is 3.27. The van der Waals surface area contributed by atoms with E-state index < -0.39 is 0 Å². The van der Waals surface area contributed by atoms with Gasteiger partial charge >= 0.3 is 0 Å². The highest BCUT2D eigenvalue weighted by molar-refractivity contribution is 4.95. The molecule has 0 unspecified atom stereocenters. The summed E-state index contributed by atoms with van der Waals surface area (Å²) in [5.74, 6) is 0.611. The van der Waals surface area contributed by atoms with E-state index >= 15 is 0 Å². The van der Waals surface area contributed by atoms with Crippen molar-refractivity contribution in [3.8, 4) is 0 Å². The lowest BCUT2D eigenvalue weighted by molar-refractivity contribution is 0.247. The van der Waals surface area contributed by atoms with Crippen LogP contribution < -0.4 is 0 Å². The van der Waals surface area contributed by atoms with Crippen LogP contribution in [0.4, 0.5) is 0 Å². The summed E-state index contributed by atoms with van der Waals surface area (Å²) in [6.45, 7) is -0.00694. The predicted octanol–water partition coefficient (Wildman–Crippen LogP) is 1.41. The summed E-state index contributed by atoms with van der Waals surface area (Å²) in [7, 11) is 0. The summed E-state index contributed by atoms with van der Waals surface area (Å²) in [5, 5.41) is 8.33. The molecule has 1 aromatic rings. The molecule has 0 amide bonds. The predicted molar refractivity (Wildman–Crippen MR) is 31.4 cm³/mol. The molecule has 0 spiro atoms. The molecule has 0 aliphatic carbocycles. The van der Waals surface area contributed by atoms with Crippen LogP contribution in [0.2, 0.25) is 0 Å². The van der Waals surface area contributed by atoms with Gasteiger partial charge in [-0.3, -0.25) is 0 Å². The average Bonchev–Trinajstić information content (AvgIpc) is 2.14. The summed E-state index contributed by atoms with van der Waals surface area (Å²) in [5.41, 5.74) is 0. The van der Waals surface area contributed by atoms with Crippen molar-refractivity contribution in [1.82, 2.24) is 0 Å². The van der Waals surface area contributed by atoms with Crippen molar-refractivity contribution in [2.24, 2.45) is 0 Å². The van der Waals surface area contributed by atoms with Gasteiger partial charge in [-0.1, -0.05) is 7.43 Å². The quantitative estimate of drug-likeness (QED) is 0.598. The first-order valence-corrected chi connectivity index (χ1v) is 2.06. The standard InChI is InChI=1S/C5H6O2.CH4/c6-4-5-2-1-3-7-5;/h1-3,6H,4H2;1H4. The van der Waals surface area contributed by atoms with E-state index in [2.05, 4.69) is 0 Å². The van der Waals surface area contributed by atoms with Crippen molar-refractivity contribution in [1.29, 1.82) is 0 Å². The lowest BCUT2D eigenvalue weighted by atomic mass is 10.5. The minimum absolute atomic E-state index is 0. The molecule has 0 saturated carbocycles. The lowest BCUT2D eigenvalue weighted by Crippen LogP contribution is -1.72. The zero-order valence-electron chi connectivity index (χ0n) is 3.79. The second-order valence-electron chi connectivity index (χ2n) is 1.24. The third-order valence-electron chi connectivity index (χ3n) is 0.736. The molecule has 46 valence electrons. The van der Waals surface area contributed by atoms with Gasteiger partial charge in [0.1, 0.15) is 12.4 Å². The highest BCUT2D eigenvalue weighted by atomic mass is 16.4.